The zero-order chi connectivity index (χ0) is 15.8. The van der Waals surface area contributed by atoms with Gasteiger partial charge in [0.2, 0.25) is 11.8 Å². The van der Waals surface area contributed by atoms with E-state index in [1.807, 2.05) is 41.5 Å². The molecule has 0 aromatic heterocycles. The maximum absolute atomic E-state index is 11.6. The van der Waals surface area contributed by atoms with Crippen molar-refractivity contribution in [2.75, 3.05) is 19.7 Å². The molecule has 0 aromatic rings. The Kier molecular flexibility index (Phi) is 7.79. The van der Waals surface area contributed by atoms with Crippen LogP contribution in [0, 0.1) is 5.41 Å². The number of amides is 2. The summed E-state index contributed by atoms with van der Waals surface area (Å²) in [5.41, 5.74) is -0.305. The van der Waals surface area contributed by atoms with Crippen LogP contribution >= 0.6 is 0 Å². The van der Waals surface area contributed by atoms with Crippen molar-refractivity contribution >= 4 is 11.8 Å². The molecular weight excluding hydrogens is 256 g/mol. The molecule has 2 N–H and O–H groups in total. The second-order valence-electron chi connectivity index (χ2n) is 7.19. The quantitative estimate of drug-likeness (QED) is 0.702. The second kappa shape index (κ2) is 8.25. The van der Waals surface area contributed by atoms with Gasteiger partial charge in [-0.3, -0.25) is 9.59 Å². The Balaban J connectivity index is 3.58. The van der Waals surface area contributed by atoms with Crippen molar-refractivity contribution in [1.82, 2.24) is 10.6 Å². The van der Waals surface area contributed by atoms with Gasteiger partial charge in [0, 0.05) is 19.5 Å². The topological polar surface area (TPSA) is 67.4 Å². The van der Waals surface area contributed by atoms with Gasteiger partial charge < -0.3 is 15.4 Å². The lowest BCUT2D eigenvalue weighted by atomic mass is 9.92. The van der Waals surface area contributed by atoms with Crippen LogP contribution in [0.1, 0.15) is 54.4 Å². The Morgan fingerprint density at radius 1 is 0.900 bits per heavy atom. The summed E-state index contributed by atoms with van der Waals surface area (Å²) in [5.74, 6) is -0.0687. The molecule has 0 saturated heterocycles. The van der Waals surface area contributed by atoms with E-state index in [-0.39, 0.29) is 29.4 Å². The number of carbonyl (C=O) groups excluding carboxylic acids is 2. The van der Waals surface area contributed by atoms with Crippen molar-refractivity contribution in [3.05, 3.63) is 0 Å². The minimum Gasteiger partial charge on any atom is -0.366 e. The van der Waals surface area contributed by atoms with Crippen LogP contribution in [0.5, 0.6) is 0 Å². The van der Waals surface area contributed by atoms with Crippen molar-refractivity contribution < 1.29 is 14.3 Å². The summed E-state index contributed by atoms with van der Waals surface area (Å²) < 4.78 is 5.36. The molecule has 2 amide bonds. The first-order valence-corrected chi connectivity index (χ1v) is 7.17. The van der Waals surface area contributed by atoms with E-state index in [0.717, 1.165) is 6.42 Å². The molecule has 0 aliphatic heterocycles. The highest BCUT2D eigenvalue weighted by molar-refractivity contribution is 5.77. The summed E-state index contributed by atoms with van der Waals surface area (Å²) >= 11 is 0. The third-order valence-corrected chi connectivity index (χ3v) is 2.33. The predicted octanol–water partition coefficient (Wildman–Crippen LogP) is 1.86. The SMILES string of the molecule is CC(C)(C)CC(=O)NCCCNC(=O)COC(C)(C)C. The lowest BCUT2D eigenvalue weighted by molar-refractivity contribution is -0.130. The zero-order valence-electron chi connectivity index (χ0n) is 13.8. The van der Waals surface area contributed by atoms with Crippen LogP contribution in [0.25, 0.3) is 0 Å². The molecular formula is C15H30N2O3. The van der Waals surface area contributed by atoms with E-state index < -0.39 is 0 Å². The second-order valence-corrected chi connectivity index (χ2v) is 7.19. The number of nitrogens with one attached hydrogen (secondary N) is 2. The highest BCUT2D eigenvalue weighted by Crippen LogP contribution is 2.17. The van der Waals surface area contributed by atoms with E-state index >= 15 is 0 Å². The van der Waals surface area contributed by atoms with E-state index in [9.17, 15) is 9.59 Å². The standard InChI is InChI=1S/C15H30N2O3/c1-14(2,3)10-12(18)16-8-7-9-17-13(19)11-20-15(4,5)6/h7-11H2,1-6H3,(H,16,18)(H,17,19). The van der Waals surface area contributed by atoms with Crippen molar-refractivity contribution in [3.8, 4) is 0 Å². The Bertz CT molecular complexity index is 314. The highest BCUT2D eigenvalue weighted by atomic mass is 16.5. The van der Waals surface area contributed by atoms with E-state index in [4.69, 9.17) is 4.74 Å². The van der Waals surface area contributed by atoms with Crippen LogP contribution in [0.3, 0.4) is 0 Å². The highest BCUT2D eigenvalue weighted by Gasteiger charge is 2.15. The Hall–Kier alpha value is -1.10. The van der Waals surface area contributed by atoms with Gasteiger partial charge in [0.25, 0.3) is 0 Å². The van der Waals surface area contributed by atoms with Gasteiger partial charge in [0.15, 0.2) is 0 Å². The van der Waals surface area contributed by atoms with Crippen LogP contribution in [0.2, 0.25) is 0 Å². The largest absolute Gasteiger partial charge is 0.366 e. The molecule has 0 aromatic carbocycles. The van der Waals surface area contributed by atoms with Gasteiger partial charge in [-0.25, -0.2) is 0 Å². The first-order chi connectivity index (χ1) is 8.99. The van der Waals surface area contributed by atoms with Gasteiger partial charge >= 0.3 is 0 Å². The maximum Gasteiger partial charge on any atom is 0.246 e. The van der Waals surface area contributed by atoms with Crippen LogP contribution in [0.4, 0.5) is 0 Å². The van der Waals surface area contributed by atoms with Gasteiger partial charge in [-0.05, 0) is 32.6 Å². The number of rotatable bonds is 7. The minimum atomic E-state index is -0.307. The molecule has 0 saturated carbocycles. The van der Waals surface area contributed by atoms with Crippen LogP contribution in [0.15, 0.2) is 0 Å². The zero-order valence-corrected chi connectivity index (χ0v) is 13.8. The van der Waals surface area contributed by atoms with Gasteiger partial charge in [-0.1, -0.05) is 20.8 Å². The van der Waals surface area contributed by atoms with Crippen molar-refractivity contribution in [2.24, 2.45) is 5.41 Å². The average Bonchev–Trinajstić information content (AvgIpc) is 2.22. The fourth-order valence-corrected chi connectivity index (χ4v) is 1.42. The van der Waals surface area contributed by atoms with Crippen LogP contribution < -0.4 is 10.6 Å². The molecule has 0 bridgehead atoms. The van der Waals surface area contributed by atoms with Crippen molar-refractivity contribution in [3.63, 3.8) is 0 Å². The summed E-state index contributed by atoms with van der Waals surface area (Å²) in [6.07, 6.45) is 1.23. The summed E-state index contributed by atoms with van der Waals surface area (Å²) in [6, 6.07) is 0. The Morgan fingerprint density at radius 2 is 1.40 bits per heavy atom. The molecule has 0 fully saturated rings. The number of ether oxygens (including phenoxy) is 1. The fourth-order valence-electron chi connectivity index (χ4n) is 1.42. The number of carbonyl (C=O) groups is 2. The number of hydrogen-bond donors (Lipinski definition) is 2. The van der Waals surface area contributed by atoms with Crippen LogP contribution in [-0.2, 0) is 14.3 Å². The predicted molar refractivity (Wildman–Crippen MR) is 80.4 cm³/mol. The molecule has 0 unspecified atom stereocenters. The fraction of sp³-hybridized carbons (Fsp3) is 0.867. The summed E-state index contributed by atoms with van der Waals surface area (Å²) in [5, 5.41) is 5.61. The summed E-state index contributed by atoms with van der Waals surface area (Å²) in [7, 11) is 0. The van der Waals surface area contributed by atoms with Crippen molar-refractivity contribution in [1.29, 1.82) is 0 Å². The lowest BCUT2D eigenvalue weighted by Crippen LogP contribution is -2.34. The number of hydrogen-bond acceptors (Lipinski definition) is 3. The molecule has 0 aliphatic rings. The van der Waals surface area contributed by atoms with E-state index in [1.165, 1.54) is 0 Å². The average molecular weight is 286 g/mol. The third-order valence-electron chi connectivity index (χ3n) is 2.33. The molecule has 0 spiro atoms. The monoisotopic (exact) mass is 286 g/mol. The van der Waals surface area contributed by atoms with Gasteiger partial charge in [0.1, 0.15) is 6.61 Å². The molecule has 118 valence electrons. The summed E-state index contributed by atoms with van der Waals surface area (Å²) in [6.45, 7) is 13.0. The van der Waals surface area contributed by atoms with Gasteiger partial charge in [-0.15, -0.1) is 0 Å². The van der Waals surface area contributed by atoms with E-state index in [2.05, 4.69) is 10.6 Å². The molecule has 0 radical (unpaired) electrons. The summed E-state index contributed by atoms with van der Waals surface area (Å²) in [4.78, 5) is 23.0. The normalized spacial score (nSPS) is 12.1. The molecule has 0 rings (SSSR count). The third kappa shape index (κ3) is 13.3. The Labute approximate surface area is 122 Å². The molecule has 0 heterocycles. The van der Waals surface area contributed by atoms with Crippen molar-refractivity contribution in [2.45, 2.75) is 60.0 Å². The smallest absolute Gasteiger partial charge is 0.246 e. The van der Waals surface area contributed by atoms with Gasteiger partial charge in [0.05, 0.1) is 5.60 Å². The minimum absolute atomic E-state index is 0.00257. The maximum atomic E-state index is 11.6. The van der Waals surface area contributed by atoms with E-state index in [0.29, 0.717) is 19.5 Å². The molecule has 0 atom stereocenters. The lowest BCUT2D eigenvalue weighted by Gasteiger charge is -2.19. The molecule has 5 nitrogen and oxygen atoms in total. The first-order valence-electron chi connectivity index (χ1n) is 7.17. The first kappa shape index (κ1) is 18.9. The Morgan fingerprint density at radius 3 is 1.85 bits per heavy atom. The van der Waals surface area contributed by atoms with Crippen LogP contribution in [-0.4, -0.2) is 37.1 Å². The molecule has 20 heavy (non-hydrogen) atoms. The van der Waals surface area contributed by atoms with E-state index in [1.54, 1.807) is 0 Å². The molecule has 0 aliphatic carbocycles. The molecule has 5 heteroatoms. The van der Waals surface area contributed by atoms with Gasteiger partial charge in [-0.2, -0.15) is 0 Å².